The summed E-state index contributed by atoms with van der Waals surface area (Å²) in [6, 6.07) is 29.2. The van der Waals surface area contributed by atoms with E-state index in [0.717, 1.165) is 22.5 Å². The van der Waals surface area contributed by atoms with E-state index in [1.165, 1.54) is 0 Å². The summed E-state index contributed by atoms with van der Waals surface area (Å²) in [5, 5.41) is 4.76. The van der Waals surface area contributed by atoms with Gasteiger partial charge in [-0.15, -0.1) is 0 Å². The molecule has 0 unspecified atom stereocenters. The molecule has 1 aromatic heterocycles. The van der Waals surface area contributed by atoms with Crippen molar-refractivity contribution in [3.05, 3.63) is 114 Å². The van der Waals surface area contributed by atoms with Gasteiger partial charge in [0.05, 0.1) is 11.4 Å². The Bertz CT molecular complexity index is 1070. The Morgan fingerprint density at radius 1 is 0.778 bits per heavy atom. The average Bonchev–Trinajstić information content (AvgIpc) is 3.18. The molecule has 0 radical (unpaired) electrons. The molecule has 0 amide bonds. The maximum Gasteiger partial charge on any atom is 0.185 e. The van der Waals surface area contributed by atoms with E-state index in [2.05, 4.69) is 0 Å². The summed E-state index contributed by atoms with van der Waals surface area (Å²) in [6.07, 6.45) is 5.39. The first-order chi connectivity index (χ1) is 13.3. The number of aromatic nitrogens is 2. The molecular formula is C24H18N2O. The third-order valence-corrected chi connectivity index (χ3v) is 4.28. The van der Waals surface area contributed by atoms with Gasteiger partial charge in [-0.05, 0) is 24.3 Å². The average molecular weight is 350 g/mol. The van der Waals surface area contributed by atoms with Gasteiger partial charge >= 0.3 is 0 Å². The molecule has 27 heavy (non-hydrogen) atoms. The van der Waals surface area contributed by atoms with Crippen LogP contribution in [-0.4, -0.2) is 15.6 Å². The van der Waals surface area contributed by atoms with Crippen LogP contribution in [0.1, 0.15) is 15.9 Å². The predicted molar refractivity (Wildman–Crippen MR) is 109 cm³/mol. The molecule has 130 valence electrons. The molecule has 0 bridgehead atoms. The molecule has 1 heterocycles. The van der Waals surface area contributed by atoms with Crippen LogP contribution < -0.4 is 0 Å². The SMILES string of the molecule is O=C(C=Cc1cn(-c2ccccc2)nc1-c1ccccc1)c1ccccc1. The summed E-state index contributed by atoms with van der Waals surface area (Å²) >= 11 is 0. The first-order valence-corrected chi connectivity index (χ1v) is 8.79. The highest BCUT2D eigenvalue weighted by Gasteiger charge is 2.11. The van der Waals surface area contributed by atoms with Gasteiger partial charge in [-0.2, -0.15) is 5.10 Å². The van der Waals surface area contributed by atoms with E-state index >= 15 is 0 Å². The van der Waals surface area contributed by atoms with Gasteiger partial charge in [0.15, 0.2) is 5.78 Å². The van der Waals surface area contributed by atoms with Gasteiger partial charge in [0.1, 0.15) is 0 Å². The van der Waals surface area contributed by atoms with Crippen molar-refractivity contribution < 1.29 is 4.79 Å². The van der Waals surface area contributed by atoms with Crippen molar-refractivity contribution >= 4 is 11.9 Å². The number of nitrogens with zero attached hydrogens (tertiary/aromatic N) is 2. The van der Waals surface area contributed by atoms with Gasteiger partial charge in [-0.25, -0.2) is 4.68 Å². The second-order valence-corrected chi connectivity index (χ2v) is 6.14. The fourth-order valence-corrected chi connectivity index (χ4v) is 2.91. The molecule has 0 atom stereocenters. The number of hydrogen-bond acceptors (Lipinski definition) is 2. The second-order valence-electron chi connectivity index (χ2n) is 6.14. The van der Waals surface area contributed by atoms with Crippen LogP contribution in [0.3, 0.4) is 0 Å². The Kier molecular flexibility index (Phi) is 4.75. The van der Waals surface area contributed by atoms with Gasteiger partial charge in [0, 0.05) is 22.9 Å². The number of carbonyl (C=O) groups excluding carboxylic acids is 1. The van der Waals surface area contributed by atoms with E-state index in [0.29, 0.717) is 5.56 Å². The third-order valence-electron chi connectivity index (χ3n) is 4.28. The number of benzene rings is 3. The maximum absolute atomic E-state index is 12.4. The van der Waals surface area contributed by atoms with Crippen LogP contribution in [0.25, 0.3) is 23.0 Å². The smallest absolute Gasteiger partial charge is 0.185 e. The standard InChI is InChI=1S/C24H18N2O/c27-23(19-10-4-1-5-11-19)17-16-21-18-26(22-14-8-3-9-15-22)25-24(21)20-12-6-2-7-13-20/h1-18H. The van der Waals surface area contributed by atoms with E-state index in [9.17, 15) is 4.79 Å². The molecule has 3 heteroatoms. The fraction of sp³-hybridized carbons (Fsp3) is 0. The zero-order valence-electron chi connectivity index (χ0n) is 14.7. The number of hydrogen-bond donors (Lipinski definition) is 0. The first kappa shape index (κ1) is 16.7. The van der Waals surface area contributed by atoms with Crippen molar-refractivity contribution in [2.24, 2.45) is 0 Å². The quantitative estimate of drug-likeness (QED) is 0.355. The molecule has 0 aliphatic carbocycles. The molecule has 0 saturated carbocycles. The summed E-state index contributed by atoms with van der Waals surface area (Å²) in [4.78, 5) is 12.4. The monoisotopic (exact) mass is 350 g/mol. The van der Waals surface area contributed by atoms with Crippen molar-refractivity contribution in [2.75, 3.05) is 0 Å². The zero-order valence-corrected chi connectivity index (χ0v) is 14.7. The predicted octanol–water partition coefficient (Wildman–Crippen LogP) is 5.44. The summed E-state index contributed by atoms with van der Waals surface area (Å²) in [5.74, 6) is -0.0259. The Labute approximate surface area is 158 Å². The molecule has 0 aliphatic heterocycles. The molecule has 4 aromatic rings. The summed E-state index contributed by atoms with van der Waals surface area (Å²) in [6.45, 7) is 0. The van der Waals surface area contributed by atoms with Gasteiger partial charge in [0.2, 0.25) is 0 Å². The van der Waals surface area contributed by atoms with E-state index in [4.69, 9.17) is 5.10 Å². The minimum absolute atomic E-state index is 0.0259. The second kappa shape index (κ2) is 7.67. The fourth-order valence-electron chi connectivity index (χ4n) is 2.91. The Balaban J connectivity index is 1.73. The lowest BCUT2D eigenvalue weighted by Crippen LogP contribution is -1.93. The van der Waals surface area contributed by atoms with Gasteiger partial charge < -0.3 is 0 Å². The first-order valence-electron chi connectivity index (χ1n) is 8.79. The number of para-hydroxylation sites is 1. The minimum Gasteiger partial charge on any atom is -0.289 e. The molecule has 0 fully saturated rings. The van der Waals surface area contributed by atoms with E-state index in [1.807, 2.05) is 108 Å². The van der Waals surface area contributed by atoms with Crippen LogP contribution in [0.5, 0.6) is 0 Å². The van der Waals surface area contributed by atoms with Crippen LogP contribution in [-0.2, 0) is 0 Å². The Morgan fingerprint density at radius 2 is 1.37 bits per heavy atom. The lowest BCUT2D eigenvalue weighted by Gasteiger charge is -2.00. The van der Waals surface area contributed by atoms with Crippen molar-refractivity contribution in [1.29, 1.82) is 0 Å². The highest BCUT2D eigenvalue weighted by atomic mass is 16.1. The molecule has 0 spiro atoms. The van der Waals surface area contributed by atoms with Gasteiger partial charge in [-0.3, -0.25) is 4.79 Å². The molecule has 0 N–H and O–H groups in total. The van der Waals surface area contributed by atoms with Crippen LogP contribution in [0.4, 0.5) is 0 Å². The normalized spacial score (nSPS) is 11.0. The van der Waals surface area contributed by atoms with Crippen LogP contribution >= 0.6 is 0 Å². The third kappa shape index (κ3) is 3.77. The molecule has 3 aromatic carbocycles. The number of ketones is 1. The topological polar surface area (TPSA) is 34.9 Å². The van der Waals surface area contributed by atoms with Crippen LogP contribution in [0.2, 0.25) is 0 Å². The van der Waals surface area contributed by atoms with Crippen LogP contribution in [0.15, 0.2) is 103 Å². The summed E-state index contributed by atoms with van der Waals surface area (Å²) in [5.41, 5.74) is 4.40. The van der Waals surface area contributed by atoms with Crippen molar-refractivity contribution in [1.82, 2.24) is 9.78 Å². The largest absolute Gasteiger partial charge is 0.289 e. The lowest BCUT2D eigenvalue weighted by atomic mass is 10.1. The van der Waals surface area contributed by atoms with Crippen LogP contribution in [0, 0.1) is 0 Å². The van der Waals surface area contributed by atoms with Crippen molar-refractivity contribution in [3.8, 4) is 16.9 Å². The molecular weight excluding hydrogens is 332 g/mol. The molecule has 3 nitrogen and oxygen atoms in total. The number of rotatable bonds is 5. The Morgan fingerprint density at radius 3 is 2.04 bits per heavy atom. The zero-order chi connectivity index (χ0) is 18.5. The summed E-state index contributed by atoms with van der Waals surface area (Å²) < 4.78 is 1.84. The molecule has 0 aliphatic rings. The number of carbonyl (C=O) groups is 1. The van der Waals surface area contributed by atoms with Crippen molar-refractivity contribution in [2.45, 2.75) is 0 Å². The molecule has 0 saturated heterocycles. The van der Waals surface area contributed by atoms with E-state index in [1.54, 1.807) is 6.08 Å². The number of allylic oxidation sites excluding steroid dienone is 1. The van der Waals surface area contributed by atoms with Gasteiger partial charge in [0.25, 0.3) is 0 Å². The minimum atomic E-state index is -0.0259. The Hall–Kier alpha value is -3.72. The van der Waals surface area contributed by atoms with E-state index < -0.39 is 0 Å². The highest BCUT2D eigenvalue weighted by Crippen LogP contribution is 2.24. The van der Waals surface area contributed by atoms with Crippen molar-refractivity contribution in [3.63, 3.8) is 0 Å². The van der Waals surface area contributed by atoms with Gasteiger partial charge in [-0.1, -0.05) is 78.9 Å². The summed E-state index contributed by atoms with van der Waals surface area (Å²) in [7, 11) is 0. The highest BCUT2D eigenvalue weighted by molar-refractivity contribution is 6.07. The lowest BCUT2D eigenvalue weighted by molar-refractivity contribution is 0.104. The maximum atomic E-state index is 12.4. The molecule has 4 rings (SSSR count). The van der Waals surface area contributed by atoms with E-state index in [-0.39, 0.29) is 5.78 Å².